The van der Waals surface area contributed by atoms with Crippen LogP contribution in [0.4, 0.5) is 0 Å². The molecule has 0 bridgehead atoms. The number of rotatable bonds is 2. The molecule has 0 fully saturated rings. The van der Waals surface area contributed by atoms with E-state index >= 15 is 0 Å². The van der Waals surface area contributed by atoms with Crippen molar-refractivity contribution in [3.8, 4) is 0 Å². The van der Waals surface area contributed by atoms with Crippen LogP contribution in [-0.4, -0.2) is 35.0 Å². The van der Waals surface area contributed by atoms with Gasteiger partial charge in [-0.15, -0.1) is 0 Å². The van der Waals surface area contributed by atoms with Crippen LogP contribution in [0.3, 0.4) is 0 Å². The van der Waals surface area contributed by atoms with Crippen molar-refractivity contribution in [2.75, 3.05) is 13.7 Å². The van der Waals surface area contributed by atoms with Gasteiger partial charge in [0.15, 0.2) is 5.76 Å². The Hall–Kier alpha value is -1.88. The highest BCUT2D eigenvalue weighted by Crippen LogP contribution is 2.40. The second kappa shape index (κ2) is 4.31. The predicted octanol–water partition coefficient (Wildman–Crippen LogP) is 1.58. The van der Waals surface area contributed by atoms with Gasteiger partial charge in [-0.3, -0.25) is 9.59 Å². The minimum atomic E-state index is -0.226. The molecule has 0 saturated carbocycles. The number of aliphatic hydroxyl groups is 1. The van der Waals surface area contributed by atoms with Crippen molar-refractivity contribution in [1.29, 1.82) is 0 Å². The van der Waals surface area contributed by atoms with Crippen molar-refractivity contribution in [1.82, 2.24) is 4.57 Å². The molecule has 5 heteroatoms. The second-order valence-electron chi connectivity index (χ2n) is 5.37. The van der Waals surface area contributed by atoms with Crippen molar-refractivity contribution in [3.63, 3.8) is 0 Å². The fourth-order valence-corrected chi connectivity index (χ4v) is 3.45. The van der Waals surface area contributed by atoms with E-state index < -0.39 is 0 Å². The fourth-order valence-electron chi connectivity index (χ4n) is 3.45. The molecule has 1 atom stereocenters. The van der Waals surface area contributed by atoms with Gasteiger partial charge < -0.3 is 14.4 Å². The molecule has 5 nitrogen and oxygen atoms in total. The van der Waals surface area contributed by atoms with Crippen molar-refractivity contribution in [3.05, 3.63) is 33.8 Å². The Balaban J connectivity index is 2.28. The van der Waals surface area contributed by atoms with Crippen LogP contribution >= 0.6 is 0 Å². The maximum Gasteiger partial charge on any atom is 0.230 e. The summed E-state index contributed by atoms with van der Waals surface area (Å²) in [5, 5.41) is 9.46. The molecular formula is C15H17NO4. The average Bonchev–Trinajstić information content (AvgIpc) is 2.96. The minimum absolute atomic E-state index is 0.00695. The number of Topliss-reactive ketones (excluding diaryl/α,β-unsaturated/α-hetero) is 2. The van der Waals surface area contributed by atoms with E-state index in [1.807, 2.05) is 11.5 Å². The maximum absolute atomic E-state index is 12.5. The summed E-state index contributed by atoms with van der Waals surface area (Å²) >= 11 is 0. The highest BCUT2D eigenvalue weighted by atomic mass is 16.5. The SMILES string of the molecule is COC1=C(C)C(=O)c2c(c(C)c3n2CCC3CO)C1=O. The number of ketones is 2. The quantitative estimate of drug-likeness (QED) is 0.889. The fraction of sp³-hybridized carbons (Fsp3) is 0.467. The number of carbonyl (C=O) groups is 2. The highest BCUT2D eigenvalue weighted by Gasteiger charge is 2.40. The van der Waals surface area contributed by atoms with Gasteiger partial charge in [0, 0.05) is 23.7 Å². The van der Waals surface area contributed by atoms with E-state index in [0.29, 0.717) is 23.4 Å². The monoisotopic (exact) mass is 275 g/mol. The van der Waals surface area contributed by atoms with Crippen LogP contribution < -0.4 is 0 Å². The third kappa shape index (κ3) is 1.41. The number of ether oxygens (including phenoxy) is 1. The van der Waals surface area contributed by atoms with Gasteiger partial charge in [0.1, 0.15) is 5.69 Å². The van der Waals surface area contributed by atoms with Gasteiger partial charge in [-0.1, -0.05) is 0 Å². The Bertz CT molecular complexity index is 666. The molecule has 0 spiro atoms. The average molecular weight is 275 g/mol. The lowest BCUT2D eigenvalue weighted by Gasteiger charge is -2.17. The Morgan fingerprint density at radius 3 is 2.60 bits per heavy atom. The van der Waals surface area contributed by atoms with E-state index in [4.69, 9.17) is 4.74 Å². The van der Waals surface area contributed by atoms with Crippen LogP contribution in [0, 0.1) is 6.92 Å². The molecule has 1 aliphatic carbocycles. The molecule has 0 aromatic carbocycles. The number of fused-ring (bicyclic) bond motifs is 3. The van der Waals surface area contributed by atoms with Gasteiger partial charge in [0.05, 0.1) is 19.3 Å². The number of aromatic nitrogens is 1. The number of hydrogen-bond donors (Lipinski definition) is 1. The first-order valence-corrected chi connectivity index (χ1v) is 6.71. The molecule has 2 aliphatic rings. The van der Waals surface area contributed by atoms with Crippen molar-refractivity contribution >= 4 is 11.6 Å². The standard InChI is InChI=1S/C15H17NO4/c1-7-10-12(16-5-4-9(6-17)11(7)16)13(18)8(2)15(20-3)14(10)19/h9,17H,4-6H2,1-3H3. The third-order valence-electron chi connectivity index (χ3n) is 4.40. The molecule has 0 amide bonds. The molecule has 0 radical (unpaired) electrons. The summed E-state index contributed by atoms with van der Waals surface area (Å²) in [4.78, 5) is 25.0. The Morgan fingerprint density at radius 1 is 1.30 bits per heavy atom. The number of allylic oxidation sites excluding steroid dienone is 2. The van der Waals surface area contributed by atoms with Crippen molar-refractivity contribution in [2.45, 2.75) is 32.7 Å². The largest absolute Gasteiger partial charge is 0.492 e. The normalized spacial score (nSPS) is 21.3. The number of hydrogen-bond acceptors (Lipinski definition) is 4. The molecule has 1 N–H and O–H groups in total. The number of nitrogens with zero attached hydrogens (tertiary/aromatic N) is 1. The topological polar surface area (TPSA) is 68.5 Å². The lowest BCUT2D eigenvalue weighted by Crippen LogP contribution is -2.23. The molecule has 106 valence electrons. The van der Waals surface area contributed by atoms with Gasteiger partial charge in [-0.2, -0.15) is 0 Å². The zero-order chi connectivity index (χ0) is 14.6. The summed E-state index contributed by atoms with van der Waals surface area (Å²) < 4.78 is 7.01. The molecule has 1 aromatic heterocycles. The third-order valence-corrected chi connectivity index (χ3v) is 4.40. The van der Waals surface area contributed by atoms with Gasteiger partial charge in [0.25, 0.3) is 0 Å². The van der Waals surface area contributed by atoms with E-state index in [1.165, 1.54) is 7.11 Å². The first kappa shape index (κ1) is 13.1. The predicted molar refractivity (Wildman–Crippen MR) is 72.0 cm³/mol. The van der Waals surface area contributed by atoms with E-state index in [9.17, 15) is 14.7 Å². The van der Waals surface area contributed by atoms with Gasteiger partial charge in [-0.25, -0.2) is 0 Å². The summed E-state index contributed by atoms with van der Waals surface area (Å²) in [7, 11) is 1.41. The number of methoxy groups -OCH3 is 1. The smallest absolute Gasteiger partial charge is 0.230 e. The Labute approximate surface area is 116 Å². The van der Waals surface area contributed by atoms with Crippen LogP contribution in [0.15, 0.2) is 11.3 Å². The zero-order valence-electron chi connectivity index (χ0n) is 11.8. The summed E-state index contributed by atoms with van der Waals surface area (Å²) in [5.74, 6) is -0.233. The van der Waals surface area contributed by atoms with Crippen LogP contribution in [0.2, 0.25) is 0 Å². The lowest BCUT2D eigenvalue weighted by molar-refractivity contribution is 0.0902. The molecule has 0 saturated heterocycles. The van der Waals surface area contributed by atoms with E-state index in [0.717, 1.165) is 17.7 Å². The first-order valence-electron chi connectivity index (χ1n) is 6.71. The number of aliphatic hydroxyl groups excluding tert-OH is 1. The highest BCUT2D eigenvalue weighted by molar-refractivity contribution is 6.26. The molecule has 20 heavy (non-hydrogen) atoms. The Kier molecular flexibility index (Phi) is 2.83. The second-order valence-corrected chi connectivity index (χ2v) is 5.37. The van der Waals surface area contributed by atoms with Crippen LogP contribution in [0.5, 0.6) is 0 Å². The summed E-state index contributed by atoms with van der Waals surface area (Å²) in [5.41, 5.74) is 3.00. The molecule has 1 aliphatic heterocycles. The number of carbonyl (C=O) groups excluding carboxylic acids is 2. The zero-order valence-corrected chi connectivity index (χ0v) is 11.8. The molecule has 1 aromatic rings. The lowest BCUT2D eigenvalue weighted by atomic mass is 9.90. The summed E-state index contributed by atoms with van der Waals surface area (Å²) in [6.07, 6.45) is 0.807. The molecule has 3 rings (SSSR count). The van der Waals surface area contributed by atoms with Crippen molar-refractivity contribution in [2.24, 2.45) is 0 Å². The van der Waals surface area contributed by atoms with E-state index in [2.05, 4.69) is 0 Å². The summed E-state index contributed by atoms with van der Waals surface area (Å²) in [6.45, 7) is 4.18. The van der Waals surface area contributed by atoms with Crippen LogP contribution in [-0.2, 0) is 11.3 Å². The van der Waals surface area contributed by atoms with E-state index in [-0.39, 0.29) is 29.9 Å². The Morgan fingerprint density at radius 2 is 2.00 bits per heavy atom. The minimum Gasteiger partial charge on any atom is -0.492 e. The van der Waals surface area contributed by atoms with Crippen LogP contribution in [0.25, 0.3) is 0 Å². The van der Waals surface area contributed by atoms with Gasteiger partial charge in [0.2, 0.25) is 11.6 Å². The van der Waals surface area contributed by atoms with Crippen LogP contribution in [0.1, 0.15) is 51.4 Å². The molecule has 1 unspecified atom stereocenters. The van der Waals surface area contributed by atoms with Gasteiger partial charge in [-0.05, 0) is 25.8 Å². The van der Waals surface area contributed by atoms with Crippen molar-refractivity contribution < 1.29 is 19.4 Å². The van der Waals surface area contributed by atoms with E-state index in [1.54, 1.807) is 6.92 Å². The van der Waals surface area contributed by atoms with Gasteiger partial charge >= 0.3 is 0 Å². The first-order chi connectivity index (χ1) is 9.52. The maximum atomic E-state index is 12.5. The molecular weight excluding hydrogens is 258 g/mol. The molecule has 2 heterocycles. The summed E-state index contributed by atoms with van der Waals surface area (Å²) in [6, 6.07) is 0.